The Morgan fingerprint density at radius 3 is 1.41 bits per heavy atom. The number of fused-ring (bicyclic) bond motifs is 9. The van der Waals surface area contributed by atoms with Gasteiger partial charge in [0.25, 0.3) is 0 Å². The van der Waals surface area contributed by atoms with E-state index in [0.717, 1.165) is 38.8 Å². The van der Waals surface area contributed by atoms with Crippen LogP contribution < -0.4 is 0 Å². The first-order valence-corrected chi connectivity index (χ1v) is 19.7. The van der Waals surface area contributed by atoms with Gasteiger partial charge in [0.15, 0.2) is 0 Å². The first kappa shape index (κ1) is 32.8. The lowest BCUT2D eigenvalue weighted by Crippen LogP contribution is -2.15. The van der Waals surface area contributed by atoms with Gasteiger partial charge in [0, 0.05) is 38.9 Å². The molecule has 0 N–H and O–H groups in total. The van der Waals surface area contributed by atoms with E-state index in [-0.39, 0.29) is 10.8 Å². The number of rotatable bonds is 4. The van der Waals surface area contributed by atoms with Crippen molar-refractivity contribution >= 4 is 21.7 Å². The Kier molecular flexibility index (Phi) is 6.98. The van der Waals surface area contributed by atoms with E-state index in [2.05, 4.69) is 184 Å². The Labute approximate surface area is 328 Å². The summed E-state index contributed by atoms with van der Waals surface area (Å²) in [5, 5.41) is 3.52. The van der Waals surface area contributed by atoms with Crippen molar-refractivity contribution < 1.29 is 0 Å². The Balaban J connectivity index is 1.16. The summed E-state index contributed by atoms with van der Waals surface area (Å²) < 4.78 is 0. The number of nitrogens with zero attached hydrogens (tertiary/aromatic N) is 2. The second-order valence-electron chi connectivity index (χ2n) is 16.6. The largest absolute Gasteiger partial charge is 0.256 e. The molecule has 2 heterocycles. The molecule has 0 bridgehead atoms. The summed E-state index contributed by atoms with van der Waals surface area (Å²) in [5.41, 5.74) is 20.6. The zero-order valence-corrected chi connectivity index (χ0v) is 32.1. The molecule has 0 spiro atoms. The van der Waals surface area contributed by atoms with E-state index in [1.807, 2.05) is 18.3 Å². The molecule has 0 aliphatic heterocycles. The third kappa shape index (κ3) is 4.75. The van der Waals surface area contributed by atoms with Crippen molar-refractivity contribution in [1.82, 2.24) is 9.97 Å². The zero-order valence-electron chi connectivity index (χ0n) is 32.1. The lowest BCUT2D eigenvalue weighted by atomic mass is 9.81. The minimum absolute atomic E-state index is 0.0862. The van der Waals surface area contributed by atoms with E-state index in [1.54, 1.807) is 0 Å². The van der Waals surface area contributed by atoms with E-state index in [1.165, 1.54) is 72.1 Å². The Morgan fingerprint density at radius 2 is 0.821 bits per heavy atom. The normalized spacial score (nSPS) is 14.4. The molecular formula is C54H40N2. The fourth-order valence-corrected chi connectivity index (χ4v) is 9.77. The molecule has 2 nitrogen and oxygen atoms in total. The predicted octanol–water partition coefficient (Wildman–Crippen LogP) is 14.1. The van der Waals surface area contributed by atoms with Gasteiger partial charge in [-0.25, -0.2) is 4.98 Å². The van der Waals surface area contributed by atoms with Gasteiger partial charge >= 0.3 is 0 Å². The molecule has 0 unspecified atom stereocenters. The molecule has 0 saturated heterocycles. The average molecular weight is 717 g/mol. The van der Waals surface area contributed by atoms with E-state index < -0.39 is 0 Å². The molecule has 2 aliphatic rings. The van der Waals surface area contributed by atoms with Crippen LogP contribution in [0.5, 0.6) is 0 Å². The molecule has 2 heteroatoms. The van der Waals surface area contributed by atoms with Crippen LogP contribution in [0.25, 0.3) is 88.7 Å². The quantitative estimate of drug-likeness (QED) is 0.170. The van der Waals surface area contributed by atoms with Gasteiger partial charge in [-0.2, -0.15) is 0 Å². The van der Waals surface area contributed by atoms with E-state index in [0.29, 0.717) is 0 Å². The Bertz CT molecular complexity index is 3060. The van der Waals surface area contributed by atoms with Crippen LogP contribution in [0.3, 0.4) is 0 Å². The summed E-state index contributed by atoms with van der Waals surface area (Å²) in [6.45, 7) is 9.44. The highest BCUT2D eigenvalue weighted by atomic mass is 14.7. The summed E-state index contributed by atoms with van der Waals surface area (Å²) in [6, 6.07) is 60.3. The molecule has 266 valence electrons. The van der Waals surface area contributed by atoms with Crippen molar-refractivity contribution in [3.8, 4) is 67.0 Å². The van der Waals surface area contributed by atoms with Crippen molar-refractivity contribution in [2.24, 2.45) is 0 Å². The Hall–Kier alpha value is -6.64. The molecule has 56 heavy (non-hydrogen) atoms. The second-order valence-corrected chi connectivity index (χ2v) is 16.6. The minimum Gasteiger partial charge on any atom is -0.256 e. The van der Waals surface area contributed by atoms with Gasteiger partial charge in [0.2, 0.25) is 0 Å². The SMILES string of the molecule is CC1(C)c2ccccc2-c2ccc(-c3cc4c(-c5ccc6c(c5)C(C)(C)c5ccccc5-6)cc(-c5ccc(-c6ccccn6)cc5)nc4c4ccccc34)cc21. The third-order valence-corrected chi connectivity index (χ3v) is 12.7. The van der Waals surface area contributed by atoms with Crippen LogP contribution in [0.4, 0.5) is 0 Å². The fourth-order valence-electron chi connectivity index (χ4n) is 9.77. The number of pyridine rings is 2. The molecular weight excluding hydrogens is 677 g/mol. The fraction of sp³-hybridized carbons (Fsp3) is 0.111. The Morgan fingerprint density at radius 1 is 0.339 bits per heavy atom. The maximum absolute atomic E-state index is 5.52. The van der Waals surface area contributed by atoms with Crippen LogP contribution in [0, 0.1) is 0 Å². The van der Waals surface area contributed by atoms with Gasteiger partial charge in [0.05, 0.1) is 16.9 Å². The smallest absolute Gasteiger partial charge is 0.0794 e. The van der Waals surface area contributed by atoms with Gasteiger partial charge < -0.3 is 0 Å². The second kappa shape index (κ2) is 11.9. The van der Waals surface area contributed by atoms with Crippen LogP contribution in [0.15, 0.2) is 170 Å². The zero-order chi connectivity index (χ0) is 37.8. The van der Waals surface area contributed by atoms with Gasteiger partial charge in [-0.05, 0) is 109 Å². The molecule has 9 aromatic rings. The summed E-state index contributed by atoms with van der Waals surface area (Å²) in [4.78, 5) is 10.1. The van der Waals surface area contributed by atoms with Crippen molar-refractivity contribution in [2.75, 3.05) is 0 Å². The van der Waals surface area contributed by atoms with E-state index >= 15 is 0 Å². The summed E-state index contributed by atoms with van der Waals surface area (Å²) >= 11 is 0. The highest BCUT2D eigenvalue weighted by Gasteiger charge is 2.36. The lowest BCUT2D eigenvalue weighted by molar-refractivity contribution is 0.660. The van der Waals surface area contributed by atoms with Crippen molar-refractivity contribution in [2.45, 2.75) is 38.5 Å². The van der Waals surface area contributed by atoms with Gasteiger partial charge in [-0.3, -0.25) is 4.98 Å². The molecule has 0 atom stereocenters. The van der Waals surface area contributed by atoms with Crippen LogP contribution in [-0.4, -0.2) is 9.97 Å². The average Bonchev–Trinajstić information content (AvgIpc) is 3.62. The summed E-state index contributed by atoms with van der Waals surface area (Å²) in [7, 11) is 0. The molecule has 0 saturated carbocycles. The standard InChI is InChI=1S/C54H40N2/c1-53(2)46-17-9-7-14-38(46)40-26-24-35(29-48(40)53)43-31-45-44(36-25-27-41-39-15-8-10-18-47(39)54(3,4)49(41)30-36)32-51(56-52(45)42-16-6-5-13-37(42)43)34-22-20-33(21-23-34)50-19-11-12-28-55-50/h5-32H,1-4H3. The predicted molar refractivity (Wildman–Crippen MR) is 234 cm³/mol. The van der Waals surface area contributed by atoms with Crippen LogP contribution in [-0.2, 0) is 10.8 Å². The summed E-state index contributed by atoms with van der Waals surface area (Å²) in [5.74, 6) is 0. The van der Waals surface area contributed by atoms with Crippen LogP contribution in [0.1, 0.15) is 49.9 Å². The number of hydrogen-bond acceptors (Lipinski definition) is 2. The van der Waals surface area contributed by atoms with E-state index in [4.69, 9.17) is 4.98 Å². The molecule has 0 radical (unpaired) electrons. The molecule has 2 aliphatic carbocycles. The summed E-state index contributed by atoms with van der Waals surface area (Å²) in [6.07, 6.45) is 1.85. The molecule has 2 aromatic heterocycles. The van der Waals surface area contributed by atoms with Gasteiger partial charge in [0.1, 0.15) is 0 Å². The van der Waals surface area contributed by atoms with Crippen molar-refractivity contribution in [3.05, 3.63) is 192 Å². The van der Waals surface area contributed by atoms with Gasteiger partial charge in [-0.1, -0.05) is 155 Å². The topological polar surface area (TPSA) is 25.8 Å². The highest BCUT2D eigenvalue weighted by Crippen LogP contribution is 2.52. The van der Waals surface area contributed by atoms with Crippen LogP contribution >= 0.6 is 0 Å². The van der Waals surface area contributed by atoms with Crippen molar-refractivity contribution in [1.29, 1.82) is 0 Å². The first-order chi connectivity index (χ1) is 27.3. The molecule has 0 amide bonds. The highest BCUT2D eigenvalue weighted by molar-refractivity contribution is 6.16. The maximum Gasteiger partial charge on any atom is 0.0794 e. The van der Waals surface area contributed by atoms with Crippen molar-refractivity contribution in [3.63, 3.8) is 0 Å². The maximum atomic E-state index is 5.52. The third-order valence-electron chi connectivity index (χ3n) is 12.7. The first-order valence-electron chi connectivity index (χ1n) is 19.7. The number of hydrogen-bond donors (Lipinski definition) is 0. The number of aromatic nitrogens is 2. The monoisotopic (exact) mass is 716 g/mol. The number of benzene rings is 7. The minimum atomic E-state index is -0.110. The van der Waals surface area contributed by atoms with E-state index in [9.17, 15) is 0 Å². The lowest BCUT2D eigenvalue weighted by Gasteiger charge is -2.23. The molecule has 11 rings (SSSR count). The van der Waals surface area contributed by atoms with Crippen LogP contribution in [0.2, 0.25) is 0 Å². The van der Waals surface area contributed by atoms with Gasteiger partial charge in [-0.15, -0.1) is 0 Å². The molecule has 7 aromatic carbocycles. The molecule has 0 fully saturated rings.